The molecule has 1 amide bonds. The number of amides is 1. The standard InChI is InChI=1S/C18H25N3O/c19-18-14-6-7-15(18)12-20(11-14)9-13-8-17(22)21(10-13)16-4-2-1-3-5-16/h1-5,13-15,18H,6-12,19H2/t13-,14-,15+,18?/m1/s1. The van der Waals surface area contributed by atoms with Gasteiger partial charge in [-0.15, -0.1) is 0 Å². The Morgan fingerprint density at radius 2 is 1.73 bits per heavy atom. The lowest BCUT2D eigenvalue weighted by Crippen LogP contribution is -2.50. The van der Waals surface area contributed by atoms with Crippen molar-refractivity contribution in [3.05, 3.63) is 30.3 Å². The summed E-state index contributed by atoms with van der Waals surface area (Å²) in [5.41, 5.74) is 7.32. The predicted octanol–water partition coefficient (Wildman–Crippen LogP) is 1.71. The number of carbonyl (C=O) groups is 1. The summed E-state index contributed by atoms with van der Waals surface area (Å²) in [7, 11) is 0. The second-order valence-electron chi connectivity index (χ2n) is 7.30. The number of nitrogens with two attached hydrogens (primary N) is 1. The van der Waals surface area contributed by atoms with Gasteiger partial charge in [-0.3, -0.25) is 4.79 Å². The molecule has 4 heteroatoms. The van der Waals surface area contributed by atoms with E-state index in [-0.39, 0.29) is 5.91 Å². The maximum Gasteiger partial charge on any atom is 0.227 e. The summed E-state index contributed by atoms with van der Waals surface area (Å²) in [4.78, 5) is 16.8. The number of anilines is 1. The normalized spacial score (nSPS) is 35.3. The third kappa shape index (κ3) is 2.55. The zero-order valence-corrected chi connectivity index (χ0v) is 13.0. The van der Waals surface area contributed by atoms with Gasteiger partial charge in [-0.05, 0) is 42.7 Å². The zero-order valence-electron chi connectivity index (χ0n) is 13.0. The van der Waals surface area contributed by atoms with E-state index in [2.05, 4.69) is 4.90 Å². The van der Waals surface area contributed by atoms with Crippen molar-refractivity contribution >= 4 is 11.6 Å². The van der Waals surface area contributed by atoms with Gasteiger partial charge in [0, 0.05) is 44.3 Å². The van der Waals surface area contributed by atoms with Crippen LogP contribution in [0.5, 0.6) is 0 Å². The Kier molecular flexibility index (Phi) is 3.66. The summed E-state index contributed by atoms with van der Waals surface area (Å²) in [6.45, 7) is 4.18. The number of para-hydroxylation sites is 1. The first kappa shape index (κ1) is 14.2. The predicted molar refractivity (Wildman–Crippen MR) is 87.5 cm³/mol. The first-order chi connectivity index (χ1) is 10.7. The van der Waals surface area contributed by atoms with Gasteiger partial charge in [-0.2, -0.15) is 0 Å². The lowest BCUT2D eigenvalue weighted by atomic mass is 9.92. The fourth-order valence-corrected chi connectivity index (χ4v) is 4.64. The van der Waals surface area contributed by atoms with Crippen molar-refractivity contribution in [3.63, 3.8) is 0 Å². The number of likely N-dealkylation sites (tertiary alicyclic amines) is 1. The summed E-state index contributed by atoms with van der Waals surface area (Å²) >= 11 is 0. The number of nitrogens with zero attached hydrogens (tertiary/aromatic N) is 2. The summed E-state index contributed by atoms with van der Waals surface area (Å²) in [5.74, 6) is 2.09. The molecule has 4 nitrogen and oxygen atoms in total. The molecular weight excluding hydrogens is 274 g/mol. The first-order valence-corrected chi connectivity index (χ1v) is 8.54. The van der Waals surface area contributed by atoms with Crippen molar-refractivity contribution < 1.29 is 4.79 Å². The van der Waals surface area contributed by atoms with Crippen molar-refractivity contribution in [2.45, 2.75) is 25.3 Å². The van der Waals surface area contributed by atoms with Crippen LogP contribution >= 0.6 is 0 Å². The minimum absolute atomic E-state index is 0.271. The Balaban J connectivity index is 1.38. The lowest BCUT2D eigenvalue weighted by molar-refractivity contribution is -0.117. The molecule has 118 valence electrons. The van der Waals surface area contributed by atoms with Gasteiger partial charge in [0.05, 0.1) is 0 Å². The highest BCUT2D eigenvalue weighted by Gasteiger charge is 2.41. The number of rotatable bonds is 3. The largest absolute Gasteiger partial charge is 0.327 e. The van der Waals surface area contributed by atoms with Crippen LogP contribution in [0.3, 0.4) is 0 Å². The van der Waals surface area contributed by atoms with E-state index in [4.69, 9.17) is 5.73 Å². The molecule has 1 aromatic carbocycles. The summed E-state index contributed by atoms with van der Waals surface area (Å²) in [6, 6.07) is 10.5. The van der Waals surface area contributed by atoms with Crippen molar-refractivity contribution in [1.29, 1.82) is 0 Å². The molecule has 3 fully saturated rings. The van der Waals surface area contributed by atoms with Crippen LogP contribution in [0.2, 0.25) is 0 Å². The van der Waals surface area contributed by atoms with Crippen LogP contribution in [-0.2, 0) is 4.79 Å². The first-order valence-electron chi connectivity index (χ1n) is 8.54. The minimum atomic E-state index is 0.271. The van der Waals surface area contributed by atoms with E-state index in [1.807, 2.05) is 35.2 Å². The summed E-state index contributed by atoms with van der Waals surface area (Å²) in [6.07, 6.45) is 3.27. The van der Waals surface area contributed by atoms with Crippen LogP contribution < -0.4 is 10.6 Å². The van der Waals surface area contributed by atoms with Gasteiger partial charge in [0.25, 0.3) is 0 Å². The van der Waals surface area contributed by atoms with Crippen molar-refractivity contribution in [2.24, 2.45) is 23.5 Å². The average molecular weight is 299 g/mol. The van der Waals surface area contributed by atoms with E-state index in [0.717, 1.165) is 31.9 Å². The van der Waals surface area contributed by atoms with Crippen LogP contribution in [0.15, 0.2) is 30.3 Å². The SMILES string of the molecule is NC1[C@@H]2CC[C@H]1CN(C[C@H]1CC(=O)N(c3ccccc3)C1)C2. The fraction of sp³-hybridized carbons (Fsp3) is 0.611. The average Bonchev–Trinajstić information content (AvgIpc) is 2.96. The molecule has 4 rings (SSSR count). The van der Waals surface area contributed by atoms with Gasteiger partial charge in [-0.25, -0.2) is 0 Å². The second-order valence-corrected chi connectivity index (χ2v) is 7.30. The molecule has 2 aliphatic heterocycles. The Morgan fingerprint density at radius 1 is 1.05 bits per heavy atom. The van der Waals surface area contributed by atoms with E-state index in [1.54, 1.807) is 0 Å². The zero-order chi connectivity index (χ0) is 15.1. The highest BCUT2D eigenvalue weighted by Crippen LogP contribution is 2.36. The minimum Gasteiger partial charge on any atom is -0.327 e. The molecule has 0 radical (unpaired) electrons. The second kappa shape index (κ2) is 5.67. The van der Waals surface area contributed by atoms with E-state index in [0.29, 0.717) is 30.2 Å². The van der Waals surface area contributed by atoms with Gasteiger partial charge in [0.15, 0.2) is 0 Å². The molecule has 0 spiro atoms. The third-order valence-corrected chi connectivity index (χ3v) is 5.77. The fourth-order valence-electron chi connectivity index (χ4n) is 4.64. The van der Waals surface area contributed by atoms with Gasteiger partial charge < -0.3 is 15.5 Å². The third-order valence-electron chi connectivity index (χ3n) is 5.77. The lowest BCUT2D eigenvalue weighted by Gasteiger charge is -2.37. The molecule has 1 saturated carbocycles. The molecule has 22 heavy (non-hydrogen) atoms. The molecular formula is C18H25N3O. The Hall–Kier alpha value is -1.39. The van der Waals surface area contributed by atoms with Crippen LogP contribution in [0.1, 0.15) is 19.3 Å². The Labute approximate surface area is 132 Å². The Bertz CT molecular complexity index is 533. The molecule has 1 aliphatic carbocycles. The van der Waals surface area contributed by atoms with E-state index in [9.17, 15) is 4.79 Å². The van der Waals surface area contributed by atoms with Crippen LogP contribution in [0.4, 0.5) is 5.69 Å². The maximum atomic E-state index is 12.3. The van der Waals surface area contributed by atoms with Gasteiger partial charge in [0.2, 0.25) is 5.91 Å². The van der Waals surface area contributed by atoms with E-state index >= 15 is 0 Å². The van der Waals surface area contributed by atoms with Gasteiger partial charge in [-0.1, -0.05) is 18.2 Å². The van der Waals surface area contributed by atoms with Gasteiger partial charge in [0.1, 0.15) is 0 Å². The smallest absolute Gasteiger partial charge is 0.227 e. The number of piperidine rings is 1. The van der Waals surface area contributed by atoms with Crippen molar-refractivity contribution in [1.82, 2.24) is 4.90 Å². The molecule has 1 aromatic rings. The van der Waals surface area contributed by atoms with Crippen LogP contribution in [-0.4, -0.2) is 43.0 Å². The molecule has 2 saturated heterocycles. The van der Waals surface area contributed by atoms with E-state index in [1.165, 1.54) is 12.8 Å². The summed E-state index contributed by atoms with van der Waals surface area (Å²) < 4.78 is 0. The number of hydrogen-bond acceptors (Lipinski definition) is 3. The quantitative estimate of drug-likeness (QED) is 0.924. The monoisotopic (exact) mass is 299 g/mol. The maximum absolute atomic E-state index is 12.3. The molecule has 2 heterocycles. The van der Waals surface area contributed by atoms with Crippen LogP contribution in [0, 0.1) is 17.8 Å². The molecule has 0 aromatic heterocycles. The molecule has 3 aliphatic rings. The number of fused-ring (bicyclic) bond motifs is 2. The van der Waals surface area contributed by atoms with Crippen molar-refractivity contribution in [2.75, 3.05) is 31.1 Å². The number of hydrogen-bond donors (Lipinski definition) is 1. The Morgan fingerprint density at radius 3 is 2.41 bits per heavy atom. The van der Waals surface area contributed by atoms with Crippen LogP contribution in [0.25, 0.3) is 0 Å². The number of benzene rings is 1. The summed E-state index contributed by atoms with van der Waals surface area (Å²) in [5, 5.41) is 0. The number of carbonyl (C=O) groups excluding carboxylic acids is 1. The highest BCUT2D eigenvalue weighted by atomic mass is 16.2. The molecule has 2 N–H and O–H groups in total. The topological polar surface area (TPSA) is 49.6 Å². The van der Waals surface area contributed by atoms with Crippen molar-refractivity contribution in [3.8, 4) is 0 Å². The molecule has 1 unspecified atom stereocenters. The van der Waals surface area contributed by atoms with Gasteiger partial charge >= 0.3 is 0 Å². The molecule has 4 atom stereocenters. The van der Waals surface area contributed by atoms with E-state index < -0.39 is 0 Å². The molecule has 2 bridgehead atoms. The highest BCUT2D eigenvalue weighted by molar-refractivity contribution is 5.95.